The molecule has 2 N–H and O–H groups in total. The smallest absolute Gasteiger partial charge is 0.249 e. The van der Waals surface area contributed by atoms with Gasteiger partial charge in [-0.2, -0.15) is 0 Å². The second kappa shape index (κ2) is 8.58. The van der Waals surface area contributed by atoms with E-state index < -0.39 is 5.91 Å². The number of aryl methyl sites for hydroxylation is 1. The van der Waals surface area contributed by atoms with E-state index in [9.17, 15) is 4.79 Å². The van der Waals surface area contributed by atoms with E-state index in [4.69, 9.17) is 10.5 Å². The van der Waals surface area contributed by atoms with Crippen LogP contribution in [0.3, 0.4) is 0 Å². The van der Waals surface area contributed by atoms with Crippen molar-refractivity contribution in [2.45, 2.75) is 13.5 Å². The summed E-state index contributed by atoms with van der Waals surface area (Å²) in [6, 6.07) is 33.2. The molecule has 1 aromatic heterocycles. The van der Waals surface area contributed by atoms with Crippen LogP contribution in [0.5, 0.6) is 5.75 Å². The van der Waals surface area contributed by atoms with E-state index in [1.54, 1.807) is 7.11 Å². The molecule has 176 valence electrons. The molecule has 1 heterocycles. The zero-order chi connectivity index (χ0) is 24.8. The molecule has 0 saturated carbocycles. The Labute approximate surface area is 209 Å². The van der Waals surface area contributed by atoms with E-state index >= 15 is 0 Å². The molecular weight excluding hydrogens is 444 g/mol. The highest BCUT2D eigenvalue weighted by atomic mass is 16.5. The summed E-state index contributed by atoms with van der Waals surface area (Å²) in [7, 11) is 1.67. The number of hydrogen-bond donors (Lipinski definition) is 1. The predicted octanol–water partition coefficient (Wildman–Crippen LogP) is 7.08. The third kappa shape index (κ3) is 3.50. The monoisotopic (exact) mass is 470 g/mol. The first kappa shape index (κ1) is 21.9. The van der Waals surface area contributed by atoms with Gasteiger partial charge in [0.1, 0.15) is 5.75 Å². The summed E-state index contributed by atoms with van der Waals surface area (Å²) in [4.78, 5) is 12.4. The number of ether oxygens (including phenoxy) is 1. The highest BCUT2D eigenvalue weighted by molar-refractivity contribution is 6.18. The second-order valence-electron chi connectivity index (χ2n) is 9.19. The van der Waals surface area contributed by atoms with Gasteiger partial charge < -0.3 is 15.0 Å². The summed E-state index contributed by atoms with van der Waals surface area (Å²) in [6.07, 6.45) is 0. The van der Waals surface area contributed by atoms with Crippen LogP contribution in [0.25, 0.3) is 43.7 Å². The SMILES string of the molecule is COc1ccc(-c2ccc3c4c(C(N)=O)cccc4n(Cc4c(C)ccc5ccccc45)c3c2)cc1. The number of nitrogens with zero attached hydrogens (tertiary/aromatic N) is 1. The average molecular weight is 471 g/mol. The Kier molecular flexibility index (Phi) is 5.23. The molecule has 5 aromatic carbocycles. The maximum Gasteiger partial charge on any atom is 0.249 e. The molecule has 6 rings (SSSR count). The third-order valence-corrected chi connectivity index (χ3v) is 7.17. The van der Waals surface area contributed by atoms with Crippen LogP contribution in [0.4, 0.5) is 0 Å². The maximum absolute atomic E-state index is 12.4. The molecule has 6 aromatic rings. The van der Waals surface area contributed by atoms with Gasteiger partial charge in [-0.15, -0.1) is 0 Å². The third-order valence-electron chi connectivity index (χ3n) is 7.17. The first-order valence-corrected chi connectivity index (χ1v) is 12.0. The molecule has 0 saturated heterocycles. The normalized spacial score (nSPS) is 11.4. The largest absolute Gasteiger partial charge is 0.497 e. The highest BCUT2D eigenvalue weighted by Gasteiger charge is 2.18. The van der Waals surface area contributed by atoms with Crippen LogP contribution in [-0.2, 0) is 6.54 Å². The summed E-state index contributed by atoms with van der Waals surface area (Å²) in [5, 5.41) is 4.38. The number of aromatic nitrogens is 1. The molecule has 4 nitrogen and oxygen atoms in total. The highest BCUT2D eigenvalue weighted by Crippen LogP contribution is 2.36. The average Bonchev–Trinajstić information content (AvgIpc) is 3.23. The van der Waals surface area contributed by atoms with Crippen LogP contribution in [-0.4, -0.2) is 17.6 Å². The maximum atomic E-state index is 12.4. The zero-order valence-electron chi connectivity index (χ0n) is 20.3. The van der Waals surface area contributed by atoms with Crippen molar-refractivity contribution in [1.29, 1.82) is 0 Å². The Bertz CT molecular complexity index is 1780. The Balaban J connectivity index is 1.63. The van der Waals surface area contributed by atoms with Crippen LogP contribution in [0.2, 0.25) is 0 Å². The molecule has 0 unspecified atom stereocenters. The van der Waals surface area contributed by atoms with Crippen LogP contribution in [0, 0.1) is 6.92 Å². The zero-order valence-corrected chi connectivity index (χ0v) is 20.3. The molecule has 0 fully saturated rings. The number of methoxy groups -OCH3 is 1. The number of carbonyl (C=O) groups is 1. The molecule has 0 aliphatic carbocycles. The fourth-order valence-electron chi connectivity index (χ4n) is 5.30. The Hall–Kier alpha value is -4.57. The Morgan fingerprint density at radius 3 is 2.36 bits per heavy atom. The second-order valence-corrected chi connectivity index (χ2v) is 9.19. The van der Waals surface area contributed by atoms with E-state index in [2.05, 4.69) is 84.3 Å². The molecule has 36 heavy (non-hydrogen) atoms. The number of benzene rings is 5. The van der Waals surface area contributed by atoms with Crippen molar-refractivity contribution >= 4 is 38.5 Å². The van der Waals surface area contributed by atoms with Gasteiger partial charge in [-0.25, -0.2) is 0 Å². The quantitative estimate of drug-likeness (QED) is 0.293. The lowest BCUT2D eigenvalue weighted by atomic mass is 9.99. The lowest BCUT2D eigenvalue weighted by Crippen LogP contribution is -2.11. The van der Waals surface area contributed by atoms with E-state index in [0.29, 0.717) is 12.1 Å². The van der Waals surface area contributed by atoms with Gasteiger partial charge in [0, 0.05) is 22.9 Å². The first-order valence-electron chi connectivity index (χ1n) is 12.0. The van der Waals surface area contributed by atoms with E-state index in [1.807, 2.05) is 24.3 Å². The number of carbonyl (C=O) groups excluding carboxylic acids is 1. The fourth-order valence-corrected chi connectivity index (χ4v) is 5.30. The molecule has 0 radical (unpaired) electrons. The van der Waals surface area contributed by atoms with Gasteiger partial charge in [-0.3, -0.25) is 4.79 Å². The van der Waals surface area contributed by atoms with E-state index in [0.717, 1.165) is 38.7 Å². The number of nitrogens with two attached hydrogens (primary N) is 1. The molecule has 4 heteroatoms. The van der Waals surface area contributed by atoms with Gasteiger partial charge in [-0.1, -0.05) is 66.7 Å². The number of hydrogen-bond acceptors (Lipinski definition) is 2. The first-order chi connectivity index (χ1) is 17.5. The van der Waals surface area contributed by atoms with Crippen LogP contribution in [0.1, 0.15) is 21.5 Å². The molecule has 0 aliphatic heterocycles. The van der Waals surface area contributed by atoms with Crippen molar-refractivity contribution in [3.8, 4) is 16.9 Å². The van der Waals surface area contributed by atoms with Crippen molar-refractivity contribution in [3.63, 3.8) is 0 Å². The fraction of sp³-hybridized carbons (Fsp3) is 0.0938. The molecule has 0 atom stereocenters. The minimum Gasteiger partial charge on any atom is -0.497 e. The molecule has 0 aliphatic rings. The van der Waals surface area contributed by atoms with E-state index in [1.165, 1.54) is 21.9 Å². The van der Waals surface area contributed by atoms with E-state index in [-0.39, 0.29) is 0 Å². The van der Waals surface area contributed by atoms with Gasteiger partial charge in [0.25, 0.3) is 0 Å². The standard InChI is InChI=1S/C32H26N2O2/c1-20-10-11-22-6-3-4-7-25(22)28(20)19-34-29-9-5-8-27(32(33)35)31(29)26-17-14-23(18-30(26)34)21-12-15-24(36-2)16-13-21/h3-18H,19H2,1-2H3,(H2,33,35). The molecule has 0 bridgehead atoms. The lowest BCUT2D eigenvalue weighted by molar-refractivity contribution is 0.100. The van der Waals surface area contributed by atoms with Crippen molar-refractivity contribution in [2.24, 2.45) is 5.73 Å². The molecule has 1 amide bonds. The minimum atomic E-state index is -0.416. The predicted molar refractivity (Wildman–Crippen MR) is 148 cm³/mol. The molecule has 0 spiro atoms. The van der Waals surface area contributed by atoms with Gasteiger partial charge in [0.05, 0.1) is 18.1 Å². The van der Waals surface area contributed by atoms with Crippen LogP contribution in [0.15, 0.2) is 97.1 Å². The van der Waals surface area contributed by atoms with Gasteiger partial charge >= 0.3 is 0 Å². The Morgan fingerprint density at radius 1 is 0.806 bits per heavy atom. The van der Waals surface area contributed by atoms with Crippen molar-refractivity contribution in [2.75, 3.05) is 7.11 Å². The van der Waals surface area contributed by atoms with Crippen LogP contribution < -0.4 is 10.5 Å². The molecular formula is C32H26N2O2. The summed E-state index contributed by atoms with van der Waals surface area (Å²) < 4.78 is 7.65. The number of primary amides is 1. The number of fused-ring (bicyclic) bond motifs is 4. The summed E-state index contributed by atoms with van der Waals surface area (Å²) in [6.45, 7) is 2.84. The lowest BCUT2D eigenvalue weighted by Gasteiger charge is -2.14. The summed E-state index contributed by atoms with van der Waals surface area (Å²) in [5.41, 5.74) is 13.1. The summed E-state index contributed by atoms with van der Waals surface area (Å²) in [5.74, 6) is 0.409. The summed E-state index contributed by atoms with van der Waals surface area (Å²) >= 11 is 0. The topological polar surface area (TPSA) is 57.2 Å². The van der Waals surface area contributed by atoms with Crippen molar-refractivity contribution in [3.05, 3.63) is 114 Å². The van der Waals surface area contributed by atoms with Crippen molar-refractivity contribution in [1.82, 2.24) is 4.57 Å². The van der Waals surface area contributed by atoms with Gasteiger partial charge in [-0.05, 0) is 70.3 Å². The van der Waals surface area contributed by atoms with Crippen molar-refractivity contribution < 1.29 is 9.53 Å². The number of amides is 1. The van der Waals surface area contributed by atoms with Crippen LogP contribution >= 0.6 is 0 Å². The van der Waals surface area contributed by atoms with Gasteiger partial charge in [0.15, 0.2) is 0 Å². The minimum absolute atomic E-state index is 0.416. The number of rotatable bonds is 5. The Morgan fingerprint density at radius 2 is 1.58 bits per heavy atom. The van der Waals surface area contributed by atoms with Gasteiger partial charge in [0.2, 0.25) is 5.91 Å².